The first-order valence-electron chi connectivity index (χ1n) is 12.7. The van der Waals surface area contributed by atoms with Crippen LogP contribution in [0.4, 0.5) is 0 Å². The van der Waals surface area contributed by atoms with Crippen LogP contribution in [0, 0.1) is 6.92 Å². The van der Waals surface area contributed by atoms with Gasteiger partial charge in [-0.15, -0.1) is 0 Å². The lowest BCUT2D eigenvalue weighted by molar-refractivity contribution is 0.262. The van der Waals surface area contributed by atoms with Gasteiger partial charge in [0, 0.05) is 0 Å². The first-order valence-corrected chi connectivity index (χ1v) is 12.7. The highest BCUT2D eigenvalue weighted by Gasteiger charge is 2.25. The molecule has 35 heavy (non-hydrogen) atoms. The van der Waals surface area contributed by atoms with Crippen molar-refractivity contribution in [3.63, 3.8) is 0 Å². The van der Waals surface area contributed by atoms with Crippen LogP contribution in [0.2, 0.25) is 0 Å². The molecule has 3 unspecified atom stereocenters. The molecule has 2 heterocycles. The van der Waals surface area contributed by atoms with Gasteiger partial charge in [0.25, 0.3) is 0 Å². The van der Waals surface area contributed by atoms with Gasteiger partial charge in [0.2, 0.25) is 0 Å². The van der Waals surface area contributed by atoms with Crippen molar-refractivity contribution in [1.82, 2.24) is 0 Å². The molecule has 3 atom stereocenters. The van der Waals surface area contributed by atoms with E-state index in [2.05, 4.69) is 79.7 Å². The van der Waals surface area contributed by atoms with E-state index in [9.17, 15) is 0 Å². The van der Waals surface area contributed by atoms with Gasteiger partial charge in [-0.05, 0) is 89.8 Å². The summed E-state index contributed by atoms with van der Waals surface area (Å²) in [5.41, 5.74) is 7.80. The first-order chi connectivity index (χ1) is 17.2. The normalized spacial score (nSPS) is 22.9. The molecule has 180 valence electrons. The van der Waals surface area contributed by atoms with E-state index in [1.807, 2.05) is 0 Å². The van der Waals surface area contributed by atoms with Gasteiger partial charge in [-0.25, -0.2) is 0 Å². The lowest BCUT2D eigenvalue weighted by Crippen LogP contribution is -2.07. The molecule has 0 spiro atoms. The summed E-state index contributed by atoms with van der Waals surface area (Å²) in [5.74, 6) is 2.42. The zero-order valence-corrected chi connectivity index (χ0v) is 20.2. The molecule has 0 bridgehead atoms. The molecule has 3 aliphatic rings. The van der Waals surface area contributed by atoms with Crippen LogP contribution in [0.15, 0.2) is 72.8 Å². The van der Waals surface area contributed by atoms with Crippen LogP contribution >= 0.6 is 0 Å². The zero-order chi connectivity index (χ0) is 23.6. The number of ether oxygens (including phenoxy) is 4. The second-order valence-electron chi connectivity index (χ2n) is 9.83. The average molecular weight is 469 g/mol. The Morgan fingerprint density at radius 3 is 2.20 bits per heavy atom. The van der Waals surface area contributed by atoms with Gasteiger partial charge in [0.1, 0.15) is 36.9 Å². The van der Waals surface area contributed by atoms with Crippen molar-refractivity contribution in [2.75, 3.05) is 26.4 Å². The molecule has 0 amide bonds. The van der Waals surface area contributed by atoms with Gasteiger partial charge in [-0.3, -0.25) is 0 Å². The van der Waals surface area contributed by atoms with Gasteiger partial charge in [-0.1, -0.05) is 48.5 Å². The third-order valence-electron chi connectivity index (χ3n) is 7.17. The largest absolute Gasteiger partial charge is 0.491 e. The molecule has 2 fully saturated rings. The highest BCUT2D eigenvalue weighted by Crippen LogP contribution is 2.41. The van der Waals surface area contributed by atoms with Gasteiger partial charge in [0.15, 0.2) is 0 Å². The predicted molar refractivity (Wildman–Crippen MR) is 138 cm³/mol. The lowest BCUT2D eigenvalue weighted by Gasteiger charge is -2.25. The topological polar surface area (TPSA) is 43.5 Å². The fourth-order valence-electron chi connectivity index (χ4n) is 4.88. The van der Waals surface area contributed by atoms with E-state index in [-0.39, 0.29) is 12.2 Å². The van der Waals surface area contributed by atoms with Crippen molar-refractivity contribution >= 4 is 5.57 Å². The van der Waals surface area contributed by atoms with Crippen molar-refractivity contribution in [3.05, 3.63) is 89.5 Å². The molecule has 0 aromatic heterocycles. The number of hydrogen-bond donors (Lipinski definition) is 0. The van der Waals surface area contributed by atoms with E-state index in [0.29, 0.717) is 19.1 Å². The fraction of sp³-hybridized carbons (Fsp3) is 0.355. The number of epoxide rings is 2. The maximum atomic E-state index is 6.12. The number of rotatable bonds is 9. The Kier molecular flexibility index (Phi) is 6.32. The van der Waals surface area contributed by atoms with E-state index in [1.165, 1.54) is 33.4 Å². The van der Waals surface area contributed by atoms with Crippen LogP contribution in [0.5, 0.6) is 11.5 Å². The number of aryl methyl sites for hydroxylation is 1. The van der Waals surface area contributed by atoms with E-state index in [4.69, 9.17) is 18.9 Å². The minimum atomic E-state index is 0.250. The molecule has 0 saturated carbocycles. The Bertz CT molecular complexity index is 1190. The molecule has 3 aromatic rings. The third kappa shape index (κ3) is 5.44. The Balaban J connectivity index is 1.21. The lowest BCUT2D eigenvalue weighted by atomic mass is 9.80. The molecule has 1 aliphatic carbocycles. The van der Waals surface area contributed by atoms with Gasteiger partial charge in [0.05, 0.1) is 13.2 Å². The van der Waals surface area contributed by atoms with Gasteiger partial charge >= 0.3 is 0 Å². The Morgan fingerprint density at radius 2 is 1.54 bits per heavy atom. The summed E-state index contributed by atoms with van der Waals surface area (Å²) in [6, 6.07) is 23.8. The molecule has 4 heteroatoms. The summed E-state index contributed by atoms with van der Waals surface area (Å²) in [7, 11) is 0. The molecule has 0 N–H and O–H groups in total. The minimum absolute atomic E-state index is 0.250. The summed E-state index contributed by atoms with van der Waals surface area (Å²) >= 11 is 0. The van der Waals surface area contributed by atoms with E-state index in [0.717, 1.165) is 44.0 Å². The van der Waals surface area contributed by atoms with Crippen molar-refractivity contribution < 1.29 is 18.9 Å². The number of allylic oxidation sites excluding steroid dienone is 2. The van der Waals surface area contributed by atoms with E-state index < -0.39 is 0 Å². The van der Waals surface area contributed by atoms with Crippen LogP contribution in [-0.4, -0.2) is 38.6 Å². The van der Waals surface area contributed by atoms with Crippen molar-refractivity contribution in [1.29, 1.82) is 0 Å². The van der Waals surface area contributed by atoms with Crippen molar-refractivity contribution in [3.8, 4) is 22.6 Å². The zero-order valence-electron chi connectivity index (χ0n) is 20.2. The van der Waals surface area contributed by atoms with Crippen LogP contribution < -0.4 is 9.47 Å². The standard InChI is InChI=1S/C31H32O4/c1-21-15-29(30(24-5-3-2-4-6-24)16-31(21)35-20-28-19-34-28)25-9-7-22(8-10-25)23-11-13-26(14-12-23)32-17-27-18-33-27/h2-6,9,11-16,22,27-28H,7-8,10,17-20H2,1H3. The molecule has 2 saturated heterocycles. The summed E-state index contributed by atoms with van der Waals surface area (Å²) in [6.07, 6.45) is 6.25. The second-order valence-corrected chi connectivity index (χ2v) is 9.83. The minimum Gasteiger partial charge on any atom is -0.491 e. The molecule has 3 aromatic carbocycles. The number of hydrogen-bond acceptors (Lipinski definition) is 4. The van der Waals surface area contributed by atoms with Crippen molar-refractivity contribution in [2.24, 2.45) is 0 Å². The Morgan fingerprint density at radius 1 is 0.829 bits per heavy atom. The fourth-order valence-corrected chi connectivity index (χ4v) is 4.88. The predicted octanol–water partition coefficient (Wildman–Crippen LogP) is 6.57. The monoisotopic (exact) mass is 468 g/mol. The van der Waals surface area contributed by atoms with Crippen LogP contribution in [0.25, 0.3) is 16.7 Å². The highest BCUT2D eigenvalue weighted by molar-refractivity contribution is 5.83. The molecule has 2 aliphatic heterocycles. The SMILES string of the molecule is Cc1cc(C2=CCC(c3ccc(OCC4CO4)cc3)CC2)c(-c2ccccc2)cc1OCC1CO1. The average Bonchev–Trinajstić information content (AvgIpc) is 3.83. The van der Waals surface area contributed by atoms with E-state index in [1.54, 1.807) is 0 Å². The number of benzene rings is 3. The molecular weight excluding hydrogens is 436 g/mol. The van der Waals surface area contributed by atoms with Gasteiger partial charge < -0.3 is 18.9 Å². The molecule has 4 nitrogen and oxygen atoms in total. The van der Waals surface area contributed by atoms with Gasteiger partial charge in [-0.2, -0.15) is 0 Å². The quantitative estimate of drug-likeness (QED) is 0.333. The van der Waals surface area contributed by atoms with Crippen molar-refractivity contribution in [2.45, 2.75) is 44.3 Å². The Labute approximate surface area is 207 Å². The first kappa shape index (κ1) is 22.4. The summed E-state index contributed by atoms with van der Waals surface area (Å²) in [6.45, 7) is 5.05. The third-order valence-corrected chi connectivity index (χ3v) is 7.17. The summed E-state index contributed by atoms with van der Waals surface area (Å²) < 4.78 is 22.5. The Hall–Kier alpha value is -3.08. The van der Waals surface area contributed by atoms with Crippen LogP contribution in [0.3, 0.4) is 0 Å². The molecule has 6 rings (SSSR count). The highest BCUT2D eigenvalue weighted by atomic mass is 16.6. The molecular formula is C31H32O4. The smallest absolute Gasteiger partial charge is 0.123 e. The maximum Gasteiger partial charge on any atom is 0.123 e. The van der Waals surface area contributed by atoms with Crippen LogP contribution in [0.1, 0.15) is 41.9 Å². The second kappa shape index (κ2) is 9.88. The van der Waals surface area contributed by atoms with E-state index >= 15 is 0 Å². The summed E-state index contributed by atoms with van der Waals surface area (Å²) in [5, 5.41) is 0. The molecule has 0 radical (unpaired) electrons. The van der Waals surface area contributed by atoms with Crippen LogP contribution in [-0.2, 0) is 9.47 Å². The maximum absolute atomic E-state index is 6.12. The summed E-state index contributed by atoms with van der Waals surface area (Å²) in [4.78, 5) is 0.